The Morgan fingerprint density at radius 1 is 0.974 bits per heavy atom. The summed E-state index contributed by atoms with van der Waals surface area (Å²) in [5, 5.41) is 15.9. The molecule has 0 saturated carbocycles. The molecule has 4 N–H and O–H groups in total. The summed E-state index contributed by atoms with van der Waals surface area (Å²) >= 11 is 0. The number of likely N-dealkylation sites (N-methyl/N-ethyl adjacent to an activating group) is 1. The van der Waals surface area contributed by atoms with Crippen molar-refractivity contribution >= 4 is 34.6 Å². The van der Waals surface area contributed by atoms with Crippen molar-refractivity contribution in [2.75, 3.05) is 66.7 Å². The van der Waals surface area contributed by atoms with E-state index >= 15 is 0 Å². The molecule has 2 fully saturated rings. The Labute approximate surface area is 223 Å². The van der Waals surface area contributed by atoms with E-state index in [9.17, 15) is 4.79 Å². The van der Waals surface area contributed by atoms with Gasteiger partial charge in [-0.1, -0.05) is 0 Å². The van der Waals surface area contributed by atoms with Crippen LogP contribution in [0.3, 0.4) is 0 Å². The fraction of sp³-hybridized carbons (Fsp3) is 0.357. The van der Waals surface area contributed by atoms with E-state index in [2.05, 4.69) is 72.7 Å². The molecule has 0 aliphatic carbocycles. The van der Waals surface area contributed by atoms with E-state index in [1.807, 2.05) is 12.1 Å². The number of anilines is 5. The number of rotatable bonds is 7. The SMILES string of the molecule is CN1CCN(c2ccc(Nc3cc(NC4CCN(c5ccc(C#N)cn5)CC4)c(C(N)=O)cn3)cc2)CC1. The molecule has 0 atom stereocenters. The van der Waals surface area contributed by atoms with Gasteiger partial charge in [-0.3, -0.25) is 4.79 Å². The molecule has 10 heteroatoms. The van der Waals surface area contributed by atoms with Gasteiger partial charge in [0.15, 0.2) is 0 Å². The molecule has 196 valence electrons. The first-order chi connectivity index (χ1) is 18.5. The van der Waals surface area contributed by atoms with Gasteiger partial charge in [-0.2, -0.15) is 5.26 Å². The second kappa shape index (κ2) is 11.4. The van der Waals surface area contributed by atoms with Crippen molar-refractivity contribution in [3.8, 4) is 6.07 Å². The molecule has 0 radical (unpaired) electrons. The van der Waals surface area contributed by atoms with Crippen LogP contribution in [0.5, 0.6) is 0 Å². The molecule has 3 aromatic rings. The summed E-state index contributed by atoms with van der Waals surface area (Å²) in [5.74, 6) is 1.00. The first-order valence-corrected chi connectivity index (χ1v) is 13.0. The van der Waals surface area contributed by atoms with Crippen molar-refractivity contribution in [2.45, 2.75) is 18.9 Å². The quantitative estimate of drug-likeness (QED) is 0.439. The first-order valence-electron chi connectivity index (χ1n) is 13.0. The number of carbonyl (C=O) groups is 1. The van der Waals surface area contributed by atoms with E-state index in [0.29, 0.717) is 22.6 Å². The highest BCUT2D eigenvalue weighted by Gasteiger charge is 2.22. The molecule has 38 heavy (non-hydrogen) atoms. The molecule has 5 rings (SSSR count). The molecule has 0 spiro atoms. The van der Waals surface area contributed by atoms with Gasteiger partial charge in [-0.15, -0.1) is 0 Å². The van der Waals surface area contributed by atoms with Crippen molar-refractivity contribution in [1.82, 2.24) is 14.9 Å². The highest BCUT2D eigenvalue weighted by Crippen LogP contribution is 2.27. The molecule has 2 saturated heterocycles. The molecule has 2 aliphatic heterocycles. The third-order valence-corrected chi connectivity index (χ3v) is 7.23. The summed E-state index contributed by atoms with van der Waals surface area (Å²) < 4.78 is 0. The van der Waals surface area contributed by atoms with Crippen molar-refractivity contribution in [3.05, 3.63) is 66.0 Å². The van der Waals surface area contributed by atoms with Crippen LogP contribution in [-0.2, 0) is 0 Å². The molecule has 2 aliphatic rings. The number of hydrogen-bond donors (Lipinski definition) is 3. The number of nitrogens with two attached hydrogens (primary N) is 1. The maximum absolute atomic E-state index is 12.1. The van der Waals surface area contributed by atoms with E-state index in [4.69, 9.17) is 11.0 Å². The Morgan fingerprint density at radius 2 is 1.71 bits per heavy atom. The maximum atomic E-state index is 12.1. The molecule has 0 unspecified atom stereocenters. The summed E-state index contributed by atoms with van der Waals surface area (Å²) in [5.41, 5.74) is 9.40. The highest BCUT2D eigenvalue weighted by atomic mass is 16.1. The van der Waals surface area contributed by atoms with E-state index in [-0.39, 0.29) is 6.04 Å². The lowest BCUT2D eigenvalue weighted by molar-refractivity contribution is 0.100. The summed E-state index contributed by atoms with van der Waals surface area (Å²) in [6, 6.07) is 16.2. The average molecular weight is 512 g/mol. The highest BCUT2D eigenvalue weighted by molar-refractivity contribution is 5.98. The number of benzene rings is 1. The molecule has 2 aromatic heterocycles. The molecule has 10 nitrogen and oxygen atoms in total. The molecular formula is C28H33N9O. The summed E-state index contributed by atoms with van der Waals surface area (Å²) in [6.07, 6.45) is 4.88. The van der Waals surface area contributed by atoms with Gasteiger partial charge in [0.25, 0.3) is 5.91 Å². The third kappa shape index (κ3) is 5.95. The van der Waals surface area contributed by atoms with Crippen LogP contribution in [0.1, 0.15) is 28.8 Å². The number of primary amides is 1. The van der Waals surface area contributed by atoms with Gasteiger partial charge in [-0.25, -0.2) is 9.97 Å². The third-order valence-electron chi connectivity index (χ3n) is 7.23. The van der Waals surface area contributed by atoms with Gasteiger partial charge < -0.3 is 31.1 Å². The van der Waals surface area contributed by atoms with Crippen LogP contribution in [0.25, 0.3) is 0 Å². The first kappa shape index (κ1) is 25.3. The number of pyridine rings is 2. The summed E-state index contributed by atoms with van der Waals surface area (Å²) in [4.78, 5) is 27.9. The topological polar surface area (TPSA) is 126 Å². The standard InChI is InChI=1S/C28H33N9O/c1-35-12-14-36(15-13-35)23-5-3-21(4-6-23)34-26-16-25(24(19-31-26)28(30)38)33-22-8-10-37(11-9-22)27-7-2-20(17-29)18-32-27/h2-7,16,18-19,22H,8-15H2,1H3,(H2,30,38)(H2,31,33,34). The number of hydrogen-bond acceptors (Lipinski definition) is 9. The van der Waals surface area contributed by atoms with Gasteiger partial charge in [0.2, 0.25) is 0 Å². The van der Waals surface area contributed by atoms with E-state index in [1.54, 1.807) is 12.3 Å². The fourth-order valence-corrected chi connectivity index (χ4v) is 4.92. The second-order valence-corrected chi connectivity index (χ2v) is 9.86. The molecule has 0 bridgehead atoms. The summed E-state index contributed by atoms with van der Waals surface area (Å²) in [7, 11) is 2.15. The lowest BCUT2D eigenvalue weighted by Crippen LogP contribution is -2.44. The number of nitrogens with one attached hydrogen (secondary N) is 2. The van der Waals surface area contributed by atoms with E-state index in [0.717, 1.165) is 63.6 Å². The minimum Gasteiger partial charge on any atom is -0.381 e. The number of nitrogens with zero attached hydrogens (tertiary/aromatic N) is 6. The smallest absolute Gasteiger partial charge is 0.252 e. The zero-order valence-corrected chi connectivity index (χ0v) is 21.6. The lowest BCUT2D eigenvalue weighted by atomic mass is 10.0. The number of aromatic nitrogens is 2. The number of piperidine rings is 1. The van der Waals surface area contributed by atoms with Crippen LogP contribution in [0, 0.1) is 11.3 Å². The summed E-state index contributed by atoms with van der Waals surface area (Å²) in [6.45, 7) is 5.82. The monoisotopic (exact) mass is 511 g/mol. The molecular weight excluding hydrogens is 478 g/mol. The minimum absolute atomic E-state index is 0.181. The Kier molecular flexibility index (Phi) is 7.56. The lowest BCUT2D eigenvalue weighted by Gasteiger charge is -2.34. The number of piperazine rings is 1. The zero-order valence-electron chi connectivity index (χ0n) is 21.6. The van der Waals surface area contributed by atoms with Gasteiger partial charge in [0.1, 0.15) is 17.7 Å². The van der Waals surface area contributed by atoms with Crippen LogP contribution >= 0.6 is 0 Å². The largest absolute Gasteiger partial charge is 0.381 e. The van der Waals surface area contributed by atoms with Gasteiger partial charge >= 0.3 is 0 Å². The van der Waals surface area contributed by atoms with Crippen molar-refractivity contribution in [3.63, 3.8) is 0 Å². The van der Waals surface area contributed by atoms with Crippen LogP contribution in [0.2, 0.25) is 0 Å². The average Bonchev–Trinajstić information content (AvgIpc) is 2.94. The Hall–Kier alpha value is -4.36. The Balaban J connectivity index is 1.22. The van der Waals surface area contributed by atoms with Crippen LogP contribution in [0.15, 0.2) is 54.9 Å². The van der Waals surface area contributed by atoms with Crippen LogP contribution in [0.4, 0.5) is 28.7 Å². The van der Waals surface area contributed by atoms with Gasteiger partial charge in [0, 0.05) is 75.1 Å². The van der Waals surface area contributed by atoms with Gasteiger partial charge in [0.05, 0.1) is 16.8 Å². The number of nitriles is 1. The van der Waals surface area contributed by atoms with Crippen LogP contribution < -0.4 is 26.2 Å². The Bertz CT molecular complexity index is 1290. The zero-order chi connectivity index (χ0) is 26.5. The Morgan fingerprint density at radius 3 is 2.34 bits per heavy atom. The van der Waals surface area contributed by atoms with E-state index < -0.39 is 5.91 Å². The predicted octanol–water partition coefficient (Wildman–Crippen LogP) is 3.02. The van der Waals surface area contributed by atoms with E-state index in [1.165, 1.54) is 11.9 Å². The van der Waals surface area contributed by atoms with Crippen molar-refractivity contribution < 1.29 is 4.79 Å². The maximum Gasteiger partial charge on any atom is 0.252 e. The molecule has 4 heterocycles. The fourth-order valence-electron chi connectivity index (χ4n) is 4.92. The number of amides is 1. The van der Waals surface area contributed by atoms with Crippen molar-refractivity contribution in [2.24, 2.45) is 5.73 Å². The second-order valence-electron chi connectivity index (χ2n) is 9.86. The predicted molar refractivity (Wildman–Crippen MR) is 150 cm³/mol. The number of carbonyl (C=O) groups excluding carboxylic acids is 1. The molecule has 1 aromatic carbocycles. The minimum atomic E-state index is -0.512. The van der Waals surface area contributed by atoms with Crippen LogP contribution in [-0.4, -0.2) is 73.1 Å². The van der Waals surface area contributed by atoms with Gasteiger partial charge in [-0.05, 0) is 56.3 Å². The molecule has 1 amide bonds. The van der Waals surface area contributed by atoms with Crippen molar-refractivity contribution in [1.29, 1.82) is 5.26 Å². The normalized spacial score (nSPS) is 16.6.